The van der Waals surface area contributed by atoms with E-state index in [0.717, 1.165) is 27.3 Å². The Hall–Kier alpha value is -0.360. The molecule has 0 aliphatic rings. The van der Waals surface area contributed by atoms with Crippen LogP contribution in [0.1, 0.15) is 29.3 Å². The standard InChI is InChI=1S/C12H14BrClN2OS/c1-3-16-9(11(13)7(2)15-16)6-10(17)12-8(14)4-5-18-12/h4-5,10,17H,3,6H2,1-2H3. The maximum Gasteiger partial charge on any atom is 0.0952 e. The van der Waals surface area contributed by atoms with Gasteiger partial charge in [-0.25, -0.2) is 0 Å². The third-order valence-electron chi connectivity index (χ3n) is 2.79. The first-order valence-corrected chi connectivity index (χ1v) is 7.72. The second-order valence-corrected chi connectivity index (χ2v) is 6.16. The molecule has 0 radical (unpaired) electrons. The van der Waals surface area contributed by atoms with Crippen molar-refractivity contribution in [2.24, 2.45) is 0 Å². The molecule has 0 aromatic carbocycles. The number of hydrogen-bond donors (Lipinski definition) is 1. The van der Waals surface area contributed by atoms with Crippen LogP contribution in [0.3, 0.4) is 0 Å². The minimum Gasteiger partial charge on any atom is -0.387 e. The van der Waals surface area contributed by atoms with Gasteiger partial charge in [-0.3, -0.25) is 4.68 Å². The quantitative estimate of drug-likeness (QED) is 0.907. The Bertz CT molecular complexity index is 552. The Morgan fingerprint density at radius 1 is 1.61 bits per heavy atom. The molecule has 6 heteroatoms. The number of nitrogens with zero attached hydrogens (tertiary/aromatic N) is 2. The Morgan fingerprint density at radius 3 is 2.89 bits per heavy atom. The fourth-order valence-electron chi connectivity index (χ4n) is 1.88. The Morgan fingerprint density at radius 2 is 2.33 bits per heavy atom. The van der Waals surface area contributed by atoms with E-state index in [1.165, 1.54) is 11.3 Å². The number of thiophene rings is 1. The number of aryl methyl sites for hydroxylation is 2. The molecule has 2 aromatic rings. The molecule has 0 aliphatic heterocycles. The van der Waals surface area contributed by atoms with Crippen molar-refractivity contribution in [2.75, 3.05) is 0 Å². The number of aliphatic hydroxyl groups excluding tert-OH is 1. The molecule has 2 aromatic heterocycles. The van der Waals surface area contributed by atoms with Crippen molar-refractivity contribution in [3.05, 3.63) is 37.2 Å². The zero-order valence-corrected chi connectivity index (χ0v) is 13.3. The highest BCUT2D eigenvalue weighted by atomic mass is 79.9. The molecule has 0 fully saturated rings. The average Bonchev–Trinajstić information content (AvgIpc) is 2.87. The summed E-state index contributed by atoms with van der Waals surface area (Å²) in [5.41, 5.74) is 1.95. The van der Waals surface area contributed by atoms with Crippen LogP contribution in [-0.2, 0) is 13.0 Å². The van der Waals surface area contributed by atoms with Crippen molar-refractivity contribution in [3.63, 3.8) is 0 Å². The summed E-state index contributed by atoms with van der Waals surface area (Å²) in [6.45, 7) is 4.77. The summed E-state index contributed by atoms with van der Waals surface area (Å²) in [6, 6.07) is 1.81. The van der Waals surface area contributed by atoms with Crippen molar-refractivity contribution in [1.29, 1.82) is 0 Å². The normalized spacial score (nSPS) is 12.9. The predicted octanol–water partition coefficient (Wildman–Crippen LogP) is 3.96. The molecule has 98 valence electrons. The first kappa shape index (κ1) is 14.1. The largest absolute Gasteiger partial charge is 0.387 e. The number of aliphatic hydroxyl groups is 1. The summed E-state index contributed by atoms with van der Waals surface area (Å²) in [6.07, 6.45) is -0.0784. The molecule has 2 heterocycles. The van der Waals surface area contributed by atoms with E-state index in [1.54, 1.807) is 0 Å². The van der Waals surface area contributed by atoms with Gasteiger partial charge >= 0.3 is 0 Å². The van der Waals surface area contributed by atoms with Gasteiger partial charge in [-0.05, 0) is 41.2 Å². The lowest BCUT2D eigenvalue weighted by Crippen LogP contribution is -2.08. The van der Waals surface area contributed by atoms with Gasteiger partial charge in [0.25, 0.3) is 0 Å². The van der Waals surface area contributed by atoms with Gasteiger partial charge in [0, 0.05) is 13.0 Å². The van der Waals surface area contributed by atoms with Gasteiger partial charge in [0.2, 0.25) is 0 Å². The molecule has 0 spiro atoms. The number of halogens is 2. The molecule has 3 nitrogen and oxygen atoms in total. The van der Waals surface area contributed by atoms with Gasteiger partial charge in [-0.1, -0.05) is 11.6 Å². The van der Waals surface area contributed by atoms with Crippen molar-refractivity contribution >= 4 is 38.9 Å². The van der Waals surface area contributed by atoms with Crippen molar-refractivity contribution in [1.82, 2.24) is 9.78 Å². The monoisotopic (exact) mass is 348 g/mol. The van der Waals surface area contributed by atoms with E-state index < -0.39 is 6.10 Å². The zero-order valence-electron chi connectivity index (χ0n) is 10.2. The maximum absolute atomic E-state index is 10.3. The van der Waals surface area contributed by atoms with Crippen LogP contribution < -0.4 is 0 Å². The summed E-state index contributed by atoms with van der Waals surface area (Å²) >= 11 is 11.0. The number of aromatic nitrogens is 2. The van der Waals surface area contributed by atoms with Crippen LogP contribution >= 0.6 is 38.9 Å². The van der Waals surface area contributed by atoms with E-state index in [2.05, 4.69) is 21.0 Å². The van der Waals surface area contributed by atoms with Gasteiger partial charge in [0.15, 0.2) is 0 Å². The van der Waals surface area contributed by atoms with Crippen LogP contribution in [0.25, 0.3) is 0 Å². The van der Waals surface area contributed by atoms with E-state index in [9.17, 15) is 5.11 Å². The molecule has 0 bridgehead atoms. The van der Waals surface area contributed by atoms with Gasteiger partial charge < -0.3 is 5.11 Å². The summed E-state index contributed by atoms with van der Waals surface area (Å²) < 4.78 is 2.88. The molecule has 2 rings (SSSR count). The first-order valence-electron chi connectivity index (χ1n) is 5.67. The van der Waals surface area contributed by atoms with Crippen molar-refractivity contribution in [3.8, 4) is 0 Å². The highest BCUT2D eigenvalue weighted by Gasteiger charge is 2.19. The molecular formula is C12H14BrClN2OS. The third kappa shape index (κ3) is 2.64. The second kappa shape index (κ2) is 5.74. The smallest absolute Gasteiger partial charge is 0.0952 e. The highest BCUT2D eigenvalue weighted by Crippen LogP contribution is 2.32. The molecule has 0 saturated carbocycles. The SMILES string of the molecule is CCn1nc(C)c(Br)c1CC(O)c1sccc1Cl. The second-order valence-electron chi connectivity index (χ2n) is 4.01. The fraction of sp³-hybridized carbons (Fsp3) is 0.417. The van der Waals surface area contributed by atoms with Crippen molar-refractivity contribution < 1.29 is 5.11 Å². The molecule has 1 N–H and O–H groups in total. The van der Waals surface area contributed by atoms with Crippen LogP contribution in [0.5, 0.6) is 0 Å². The van der Waals surface area contributed by atoms with Gasteiger partial charge in [0.05, 0.1) is 31.9 Å². The molecule has 18 heavy (non-hydrogen) atoms. The Labute approximate surface area is 124 Å². The third-order valence-corrected chi connectivity index (χ3v) is 5.28. The number of hydrogen-bond acceptors (Lipinski definition) is 3. The lowest BCUT2D eigenvalue weighted by molar-refractivity contribution is 0.179. The topological polar surface area (TPSA) is 38.0 Å². The minimum absolute atomic E-state index is 0.509. The van der Waals surface area contributed by atoms with Gasteiger partial charge in [0.1, 0.15) is 0 Å². The van der Waals surface area contributed by atoms with E-state index in [0.29, 0.717) is 11.4 Å². The summed E-state index contributed by atoms with van der Waals surface area (Å²) in [4.78, 5) is 0.810. The first-order chi connectivity index (χ1) is 8.54. The fourth-order valence-corrected chi connectivity index (χ4v) is 3.50. The molecule has 0 saturated heterocycles. The Kier molecular flexibility index (Phi) is 4.48. The molecule has 0 amide bonds. The average molecular weight is 350 g/mol. The summed E-state index contributed by atoms with van der Waals surface area (Å²) in [5, 5.41) is 17.2. The van der Waals surface area contributed by atoms with Crippen LogP contribution in [0.15, 0.2) is 15.9 Å². The van der Waals surface area contributed by atoms with Crippen molar-refractivity contribution in [2.45, 2.75) is 32.9 Å². The van der Waals surface area contributed by atoms with Crippen LogP contribution in [0, 0.1) is 6.92 Å². The molecule has 1 unspecified atom stereocenters. The highest BCUT2D eigenvalue weighted by molar-refractivity contribution is 9.10. The summed E-state index contributed by atoms with van der Waals surface area (Å²) in [7, 11) is 0. The molecular weight excluding hydrogens is 336 g/mol. The lowest BCUT2D eigenvalue weighted by Gasteiger charge is -2.11. The number of rotatable bonds is 4. The van der Waals surface area contributed by atoms with Crippen LogP contribution in [0.4, 0.5) is 0 Å². The predicted molar refractivity (Wildman–Crippen MR) is 78.3 cm³/mol. The minimum atomic E-state index is -0.588. The van der Waals surface area contributed by atoms with Crippen LogP contribution in [-0.4, -0.2) is 14.9 Å². The van der Waals surface area contributed by atoms with Gasteiger partial charge in [-0.15, -0.1) is 11.3 Å². The zero-order chi connectivity index (χ0) is 13.3. The van der Waals surface area contributed by atoms with E-state index in [-0.39, 0.29) is 0 Å². The molecule has 1 atom stereocenters. The Balaban J connectivity index is 2.27. The molecule has 0 aliphatic carbocycles. The van der Waals surface area contributed by atoms with Crippen LogP contribution in [0.2, 0.25) is 5.02 Å². The maximum atomic E-state index is 10.3. The van der Waals surface area contributed by atoms with Gasteiger partial charge in [-0.2, -0.15) is 5.10 Å². The van der Waals surface area contributed by atoms with E-state index in [1.807, 2.05) is 30.0 Å². The van der Waals surface area contributed by atoms with E-state index in [4.69, 9.17) is 11.6 Å². The summed E-state index contributed by atoms with van der Waals surface area (Å²) in [5.74, 6) is 0. The lowest BCUT2D eigenvalue weighted by atomic mass is 10.1. The van der Waals surface area contributed by atoms with E-state index >= 15 is 0 Å².